The number of rotatable bonds is 6. The van der Waals surface area contributed by atoms with E-state index in [-0.39, 0.29) is 22.6 Å². The van der Waals surface area contributed by atoms with Gasteiger partial charge in [0.05, 0.1) is 4.92 Å². The molecule has 0 bridgehead atoms. The van der Waals surface area contributed by atoms with Crippen molar-refractivity contribution in [3.63, 3.8) is 0 Å². The maximum absolute atomic E-state index is 12.1. The Morgan fingerprint density at radius 2 is 1.73 bits per heavy atom. The molecule has 0 radical (unpaired) electrons. The van der Waals surface area contributed by atoms with Crippen molar-refractivity contribution in [2.45, 2.75) is 31.7 Å². The molecule has 0 unspecified atom stereocenters. The van der Waals surface area contributed by atoms with Crippen molar-refractivity contribution >= 4 is 17.3 Å². The van der Waals surface area contributed by atoms with Crippen molar-refractivity contribution in [2.24, 2.45) is 0 Å². The number of aryl methyl sites for hydroxylation is 1. The molecule has 1 saturated heterocycles. The molecule has 136 valence electrons. The summed E-state index contributed by atoms with van der Waals surface area (Å²) in [5, 5.41) is 13.9. The fraction of sp³-hybridized carbons (Fsp3) is 0.350. The molecular weight excluding hydrogens is 330 g/mol. The average Bonchev–Trinajstić information content (AvgIpc) is 2.68. The molecule has 1 aliphatic rings. The average molecular weight is 353 g/mol. The minimum Gasteiger partial charge on any atom is -0.371 e. The minimum atomic E-state index is -0.388. The van der Waals surface area contributed by atoms with Gasteiger partial charge in [0.25, 0.3) is 5.69 Å². The van der Waals surface area contributed by atoms with Crippen LogP contribution in [0.15, 0.2) is 54.6 Å². The second-order valence-electron chi connectivity index (χ2n) is 6.59. The minimum absolute atomic E-state index is 0.0997. The van der Waals surface area contributed by atoms with Crippen LogP contribution in [-0.4, -0.2) is 30.0 Å². The van der Waals surface area contributed by atoms with E-state index in [0.29, 0.717) is 6.42 Å². The number of hydrogen-bond acceptors (Lipinski definition) is 4. The molecule has 1 heterocycles. The number of nitro benzene ring substituents is 1. The third-order valence-corrected chi connectivity index (χ3v) is 4.77. The first-order chi connectivity index (χ1) is 12.6. The molecule has 1 amide bonds. The van der Waals surface area contributed by atoms with Crippen molar-refractivity contribution in [2.75, 3.05) is 18.0 Å². The number of benzene rings is 2. The number of non-ortho nitro benzene ring substituents is 1. The Bertz CT molecular complexity index is 739. The van der Waals surface area contributed by atoms with Crippen molar-refractivity contribution in [3.05, 3.63) is 70.3 Å². The number of anilines is 1. The van der Waals surface area contributed by atoms with Crippen LogP contribution in [-0.2, 0) is 11.2 Å². The summed E-state index contributed by atoms with van der Waals surface area (Å²) < 4.78 is 0. The zero-order valence-corrected chi connectivity index (χ0v) is 14.6. The number of piperidine rings is 1. The summed E-state index contributed by atoms with van der Waals surface area (Å²) in [5.41, 5.74) is 2.27. The van der Waals surface area contributed by atoms with E-state index in [2.05, 4.69) is 10.2 Å². The highest BCUT2D eigenvalue weighted by Gasteiger charge is 2.21. The normalized spacial score (nSPS) is 14.8. The van der Waals surface area contributed by atoms with Crippen molar-refractivity contribution < 1.29 is 9.72 Å². The molecule has 0 saturated carbocycles. The van der Waals surface area contributed by atoms with Gasteiger partial charge >= 0.3 is 0 Å². The first-order valence-corrected chi connectivity index (χ1v) is 8.94. The van der Waals surface area contributed by atoms with Crippen LogP contribution in [0.2, 0.25) is 0 Å². The Kier molecular flexibility index (Phi) is 5.84. The summed E-state index contributed by atoms with van der Waals surface area (Å²) in [5.74, 6) is 0.0997. The van der Waals surface area contributed by atoms with Crippen molar-refractivity contribution in [1.82, 2.24) is 5.32 Å². The molecular formula is C20H23N3O3. The summed E-state index contributed by atoms with van der Waals surface area (Å²) in [6.45, 7) is 1.67. The highest BCUT2D eigenvalue weighted by atomic mass is 16.6. The van der Waals surface area contributed by atoms with E-state index in [4.69, 9.17) is 0 Å². The smallest absolute Gasteiger partial charge is 0.269 e. The Morgan fingerprint density at radius 3 is 2.35 bits per heavy atom. The van der Waals surface area contributed by atoms with Gasteiger partial charge in [0.1, 0.15) is 0 Å². The van der Waals surface area contributed by atoms with Gasteiger partial charge in [-0.25, -0.2) is 0 Å². The predicted molar refractivity (Wildman–Crippen MR) is 101 cm³/mol. The summed E-state index contributed by atoms with van der Waals surface area (Å²) in [6, 6.07) is 16.9. The lowest BCUT2D eigenvalue weighted by molar-refractivity contribution is -0.384. The summed E-state index contributed by atoms with van der Waals surface area (Å²) in [7, 11) is 0. The molecule has 1 aliphatic heterocycles. The van der Waals surface area contributed by atoms with E-state index in [1.807, 2.05) is 30.3 Å². The number of amides is 1. The van der Waals surface area contributed by atoms with Gasteiger partial charge in [-0.1, -0.05) is 30.3 Å². The number of hydrogen-bond donors (Lipinski definition) is 1. The van der Waals surface area contributed by atoms with Crippen LogP contribution in [0.5, 0.6) is 0 Å². The van der Waals surface area contributed by atoms with Crippen LogP contribution in [0, 0.1) is 10.1 Å². The number of nitrogens with one attached hydrogen (secondary N) is 1. The van der Waals surface area contributed by atoms with Gasteiger partial charge in [-0.05, 0) is 37.0 Å². The van der Waals surface area contributed by atoms with Gasteiger partial charge in [-0.3, -0.25) is 14.9 Å². The first-order valence-electron chi connectivity index (χ1n) is 8.94. The number of carbonyl (C=O) groups excluding carboxylic acids is 1. The molecule has 0 aliphatic carbocycles. The molecule has 1 fully saturated rings. The fourth-order valence-electron chi connectivity index (χ4n) is 3.27. The highest BCUT2D eigenvalue weighted by molar-refractivity contribution is 5.76. The van der Waals surface area contributed by atoms with E-state index >= 15 is 0 Å². The Balaban J connectivity index is 1.43. The van der Waals surface area contributed by atoms with Crippen molar-refractivity contribution in [1.29, 1.82) is 0 Å². The number of nitro groups is 1. The van der Waals surface area contributed by atoms with E-state index in [0.717, 1.165) is 38.0 Å². The topological polar surface area (TPSA) is 75.5 Å². The SMILES string of the molecule is O=C(CCc1ccccc1)NC1CCN(c2ccc([N+](=O)[O-])cc2)CC1. The number of nitrogens with zero attached hydrogens (tertiary/aromatic N) is 2. The van der Waals surface area contributed by atoms with Crippen LogP contribution in [0.4, 0.5) is 11.4 Å². The summed E-state index contributed by atoms with van der Waals surface area (Å²) >= 11 is 0. The number of carbonyl (C=O) groups is 1. The first kappa shape index (κ1) is 17.9. The zero-order valence-electron chi connectivity index (χ0n) is 14.6. The molecule has 0 aromatic heterocycles. The van der Waals surface area contributed by atoms with Gasteiger partial charge in [0.2, 0.25) is 5.91 Å². The largest absolute Gasteiger partial charge is 0.371 e. The van der Waals surface area contributed by atoms with E-state index in [9.17, 15) is 14.9 Å². The Labute approximate surface area is 153 Å². The van der Waals surface area contributed by atoms with Gasteiger partial charge in [-0.15, -0.1) is 0 Å². The molecule has 3 rings (SSSR count). The zero-order chi connectivity index (χ0) is 18.4. The van der Waals surface area contributed by atoms with E-state index in [1.165, 1.54) is 17.7 Å². The van der Waals surface area contributed by atoms with E-state index in [1.54, 1.807) is 12.1 Å². The maximum Gasteiger partial charge on any atom is 0.269 e. The molecule has 0 spiro atoms. The molecule has 0 atom stereocenters. The lowest BCUT2D eigenvalue weighted by Gasteiger charge is -2.34. The van der Waals surface area contributed by atoms with Crippen LogP contribution >= 0.6 is 0 Å². The van der Waals surface area contributed by atoms with Crippen LogP contribution < -0.4 is 10.2 Å². The van der Waals surface area contributed by atoms with Crippen LogP contribution in [0.1, 0.15) is 24.8 Å². The molecule has 6 heteroatoms. The van der Waals surface area contributed by atoms with Gasteiger partial charge < -0.3 is 10.2 Å². The van der Waals surface area contributed by atoms with Gasteiger partial charge in [-0.2, -0.15) is 0 Å². The maximum atomic E-state index is 12.1. The summed E-state index contributed by atoms with van der Waals surface area (Å²) in [6.07, 6.45) is 3.03. The standard InChI is InChI=1S/C20H23N3O3/c24-20(11-6-16-4-2-1-3-5-16)21-17-12-14-22(15-13-17)18-7-9-19(10-8-18)23(25)26/h1-5,7-10,17H,6,11-15H2,(H,21,24). The third-order valence-electron chi connectivity index (χ3n) is 4.77. The Morgan fingerprint density at radius 1 is 1.08 bits per heavy atom. The molecule has 26 heavy (non-hydrogen) atoms. The summed E-state index contributed by atoms with van der Waals surface area (Å²) in [4.78, 5) is 24.7. The Hall–Kier alpha value is -2.89. The van der Waals surface area contributed by atoms with E-state index < -0.39 is 0 Å². The second kappa shape index (κ2) is 8.47. The molecule has 2 aromatic rings. The lowest BCUT2D eigenvalue weighted by Crippen LogP contribution is -2.44. The lowest BCUT2D eigenvalue weighted by atomic mass is 10.0. The second-order valence-corrected chi connectivity index (χ2v) is 6.59. The van der Waals surface area contributed by atoms with Crippen LogP contribution in [0.25, 0.3) is 0 Å². The monoisotopic (exact) mass is 353 g/mol. The van der Waals surface area contributed by atoms with Crippen molar-refractivity contribution in [3.8, 4) is 0 Å². The highest BCUT2D eigenvalue weighted by Crippen LogP contribution is 2.23. The van der Waals surface area contributed by atoms with Crippen LogP contribution in [0.3, 0.4) is 0 Å². The van der Waals surface area contributed by atoms with Gasteiger partial charge in [0.15, 0.2) is 0 Å². The third kappa shape index (κ3) is 4.81. The molecule has 6 nitrogen and oxygen atoms in total. The van der Waals surface area contributed by atoms with Gasteiger partial charge in [0, 0.05) is 43.4 Å². The predicted octanol–water partition coefficient (Wildman–Crippen LogP) is 3.31. The quantitative estimate of drug-likeness (QED) is 0.638. The fourth-order valence-corrected chi connectivity index (χ4v) is 3.27. The molecule has 2 aromatic carbocycles. The molecule has 1 N–H and O–H groups in total.